The Morgan fingerprint density at radius 1 is 1.33 bits per heavy atom. The van der Waals surface area contributed by atoms with Crippen LogP contribution < -0.4 is 10.6 Å². The summed E-state index contributed by atoms with van der Waals surface area (Å²) < 4.78 is 18.0. The molecule has 24 heavy (non-hydrogen) atoms. The Morgan fingerprint density at radius 2 is 2.12 bits per heavy atom. The summed E-state index contributed by atoms with van der Waals surface area (Å²) in [7, 11) is 0. The lowest BCUT2D eigenvalue weighted by molar-refractivity contribution is 0.412. The summed E-state index contributed by atoms with van der Waals surface area (Å²) in [6, 6.07) is 6.25. The van der Waals surface area contributed by atoms with E-state index in [2.05, 4.69) is 20.8 Å². The molecule has 0 unspecified atom stereocenters. The number of nitrogens with one attached hydrogen (secondary N) is 2. The SMILES string of the molecule is CCNC(=NCc1ccon1)NCC(C)(C)c1ccc(F)cc1Cl. The van der Waals surface area contributed by atoms with Crippen molar-refractivity contribution in [3.8, 4) is 0 Å². The molecule has 0 aliphatic rings. The van der Waals surface area contributed by atoms with E-state index in [0.717, 1.165) is 17.8 Å². The second-order valence-electron chi connectivity index (χ2n) is 6.05. The molecule has 0 saturated heterocycles. The summed E-state index contributed by atoms with van der Waals surface area (Å²) in [5.74, 6) is 0.335. The lowest BCUT2D eigenvalue weighted by atomic mass is 9.84. The average Bonchev–Trinajstić information content (AvgIpc) is 3.03. The van der Waals surface area contributed by atoms with Gasteiger partial charge in [-0.2, -0.15) is 0 Å². The van der Waals surface area contributed by atoms with Crippen molar-refractivity contribution in [3.63, 3.8) is 0 Å². The highest BCUT2D eigenvalue weighted by Crippen LogP contribution is 2.29. The van der Waals surface area contributed by atoms with E-state index in [0.29, 0.717) is 24.1 Å². The van der Waals surface area contributed by atoms with Gasteiger partial charge in [0.2, 0.25) is 0 Å². The fourth-order valence-electron chi connectivity index (χ4n) is 2.26. The number of aromatic nitrogens is 1. The maximum absolute atomic E-state index is 13.2. The number of rotatable bonds is 6. The van der Waals surface area contributed by atoms with Crippen LogP contribution in [0, 0.1) is 5.82 Å². The normalized spacial score (nSPS) is 12.3. The first-order valence-electron chi connectivity index (χ1n) is 7.79. The molecule has 1 aromatic carbocycles. The molecule has 2 aromatic rings. The highest BCUT2D eigenvalue weighted by molar-refractivity contribution is 6.31. The van der Waals surface area contributed by atoms with Crippen molar-refractivity contribution in [2.24, 2.45) is 4.99 Å². The highest BCUT2D eigenvalue weighted by Gasteiger charge is 2.24. The number of hydrogen-bond donors (Lipinski definition) is 2. The molecule has 0 saturated carbocycles. The molecule has 130 valence electrons. The third kappa shape index (κ3) is 4.96. The van der Waals surface area contributed by atoms with E-state index in [9.17, 15) is 4.39 Å². The van der Waals surface area contributed by atoms with Crippen LogP contribution in [0.15, 0.2) is 40.0 Å². The van der Waals surface area contributed by atoms with Crippen LogP contribution in [0.2, 0.25) is 5.02 Å². The zero-order chi connectivity index (χ0) is 17.6. The van der Waals surface area contributed by atoms with Crippen molar-refractivity contribution in [3.05, 3.63) is 52.6 Å². The van der Waals surface area contributed by atoms with Crippen LogP contribution in [0.3, 0.4) is 0 Å². The zero-order valence-electron chi connectivity index (χ0n) is 14.1. The summed E-state index contributed by atoms with van der Waals surface area (Å²) in [6.07, 6.45) is 1.52. The molecular formula is C17H22ClFN4O. The van der Waals surface area contributed by atoms with Gasteiger partial charge in [-0.25, -0.2) is 9.38 Å². The molecule has 0 radical (unpaired) electrons. The summed E-state index contributed by atoms with van der Waals surface area (Å²) >= 11 is 6.19. The number of guanidine groups is 1. The van der Waals surface area contributed by atoms with Gasteiger partial charge in [0.15, 0.2) is 5.96 Å². The fraction of sp³-hybridized carbons (Fsp3) is 0.412. The minimum atomic E-state index is -0.338. The molecule has 0 aliphatic carbocycles. The number of nitrogens with zero attached hydrogens (tertiary/aromatic N) is 2. The average molecular weight is 353 g/mol. The number of hydrogen-bond acceptors (Lipinski definition) is 3. The Balaban J connectivity index is 2.05. The molecule has 1 aromatic heterocycles. The van der Waals surface area contributed by atoms with Gasteiger partial charge in [0.1, 0.15) is 17.8 Å². The van der Waals surface area contributed by atoms with Crippen molar-refractivity contribution >= 4 is 17.6 Å². The third-order valence-corrected chi connectivity index (χ3v) is 3.91. The Kier molecular flexibility index (Phi) is 6.20. The van der Waals surface area contributed by atoms with Gasteiger partial charge in [-0.05, 0) is 24.6 Å². The third-order valence-electron chi connectivity index (χ3n) is 3.59. The maximum Gasteiger partial charge on any atom is 0.191 e. The van der Waals surface area contributed by atoms with Gasteiger partial charge in [-0.15, -0.1) is 0 Å². The number of halogens is 2. The van der Waals surface area contributed by atoms with Crippen molar-refractivity contribution < 1.29 is 8.91 Å². The topological polar surface area (TPSA) is 62.5 Å². The lowest BCUT2D eigenvalue weighted by Crippen LogP contribution is -2.43. The standard InChI is InChI=1S/C17H22ClFN4O/c1-4-20-16(21-10-13-7-8-24-23-13)22-11-17(2,3)14-6-5-12(19)9-15(14)18/h5-9H,4,10-11H2,1-3H3,(H2,20,21,22). The predicted molar refractivity (Wildman–Crippen MR) is 93.8 cm³/mol. The van der Waals surface area contributed by atoms with Crippen molar-refractivity contribution in [2.75, 3.05) is 13.1 Å². The van der Waals surface area contributed by atoms with Gasteiger partial charge in [0.25, 0.3) is 0 Å². The molecule has 7 heteroatoms. The van der Waals surface area contributed by atoms with Gasteiger partial charge in [-0.3, -0.25) is 0 Å². The molecule has 1 heterocycles. The Morgan fingerprint density at radius 3 is 2.75 bits per heavy atom. The van der Waals surface area contributed by atoms with Gasteiger partial charge in [0.05, 0.1) is 6.54 Å². The zero-order valence-corrected chi connectivity index (χ0v) is 14.8. The minimum absolute atomic E-state index is 0.297. The van der Waals surface area contributed by atoms with Crippen LogP contribution >= 0.6 is 11.6 Å². The molecule has 0 amide bonds. The first-order chi connectivity index (χ1) is 11.4. The smallest absolute Gasteiger partial charge is 0.191 e. The van der Waals surface area contributed by atoms with E-state index in [4.69, 9.17) is 16.1 Å². The number of aliphatic imine (C=N–C) groups is 1. The van der Waals surface area contributed by atoms with Gasteiger partial charge < -0.3 is 15.2 Å². The van der Waals surface area contributed by atoms with Crippen molar-refractivity contribution in [1.29, 1.82) is 0 Å². The highest BCUT2D eigenvalue weighted by atomic mass is 35.5. The summed E-state index contributed by atoms with van der Waals surface area (Å²) in [6.45, 7) is 7.82. The van der Waals surface area contributed by atoms with E-state index in [-0.39, 0.29) is 11.2 Å². The second-order valence-corrected chi connectivity index (χ2v) is 6.45. The van der Waals surface area contributed by atoms with Crippen LogP contribution in [0.25, 0.3) is 0 Å². The Bertz CT molecular complexity index is 686. The molecule has 0 atom stereocenters. The van der Waals surface area contributed by atoms with Crippen molar-refractivity contribution in [2.45, 2.75) is 32.7 Å². The second kappa shape index (κ2) is 8.15. The van der Waals surface area contributed by atoms with Crippen LogP contribution in [0.1, 0.15) is 32.0 Å². The maximum atomic E-state index is 13.2. The lowest BCUT2D eigenvalue weighted by Gasteiger charge is -2.27. The van der Waals surface area contributed by atoms with Crippen LogP contribution in [0.4, 0.5) is 4.39 Å². The molecule has 2 rings (SSSR count). The molecule has 0 bridgehead atoms. The van der Waals surface area contributed by atoms with Crippen LogP contribution in [-0.4, -0.2) is 24.2 Å². The predicted octanol–water partition coefficient (Wildman–Crippen LogP) is 3.50. The number of benzene rings is 1. The van der Waals surface area contributed by atoms with E-state index in [1.54, 1.807) is 12.1 Å². The monoisotopic (exact) mass is 352 g/mol. The molecule has 0 aliphatic heterocycles. The molecule has 0 fully saturated rings. The van der Waals surface area contributed by atoms with E-state index in [1.165, 1.54) is 18.4 Å². The van der Waals surface area contributed by atoms with E-state index < -0.39 is 0 Å². The van der Waals surface area contributed by atoms with E-state index >= 15 is 0 Å². The first kappa shape index (κ1) is 18.3. The van der Waals surface area contributed by atoms with Crippen LogP contribution in [0.5, 0.6) is 0 Å². The van der Waals surface area contributed by atoms with E-state index in [1.807, 2.05) is 20.8 Å². The minimum Gasteiger partial charge on any atom is -0.364 e. The largest absolute Gasteiger partial charge is 0.364 e. The first-order valence-corrected chi connectivity index (χ1v) is 8.17. The summed E-state index contributed by atoms with van der Waals surface area (Å²) in [5, 5.41) is 10.7. The summed E-state index contributed by atoms with van der Waals surface area (Å²) in [5.41, 5.74) is 1.34. The molecular weight excluding hydrogens is 331 g/mol. The summed E-state index contributed by atoms with van der Waals surface area (Å²) in [4.78, 5) is 4.47. The van der Waals surface area contributed by atoms with Crippen LogP contribution in [-0.2, 0) is 12.0 Å². The fourth-order valence-corrected chi connectivity index (χ4v) is 2.68. The Labute approximate surface area is 146 Å². The van der Waals surface area contributed by atoms with Crippen molar-refractivity contribution in [1.82, 2.24) is 15.8 Å². The quantitative estimate of drug-likeness (QED) is 0.617. The van der Waals surface area contributed by atoms with Gasteiger partial charge >= 0.3 is 0 Å². The van der Waals surface area contributed by atoms with Gasteiger partial charge in [-0.1, -0.05) is 36.7 Å². The molecule has 5 nitrogen and oxygen atoms in total. The molecule has 0 spiro atoms. The molecule has 2 N–H and O–H groups in total. The van der Waals surface area contributed by atoms with Gasteiger partial charge in [0, 0.05) is 29.6 Å². The Hall–Kier alpha value is -2.08.